The van der Waals surface area contributed by atoms with Crippen LogP contribution in [0.3, 0.4) is 0 Å². The predicted molar refractivity (Wildman–Crippen MR) is 89.4 cm³/mol. The van der Waals surface area contributed by atoms with Crippen LogP contribution in [0.1, 0.15) is 36.1 Å². The van der Waals surface area contributed by atoms with Crippen LogP contribution >= 0.6 is 0 Å². The van der Waals surface area contributed by atoms with Gasteiger partial charge in [0, 0.05) is 31.5 Å². The lowest BCUT2D eigenvalue weighted by molar-refractivity contribution is 0.0807. The Morgan fingerprint density at radius 1 is 1.25 bits per heavy atom. The highest BCUT2D eigenvalue weighted by atomic mass is 16.5. The number of piperidine rings is 1. The number of benzene rings is 1. The fourth-order valence-electron chi connectivity index (χ4n) is 3.59. The lowest BCUT2D eigenvalue weighted by Gasteiger charge is -2.34. The van der Waals surface area contributed by atoms with Crippen molar-refractivity contribution in [3.05, 3.63) is 54.1 Å². The van der Waals surface area contributed by atoms with Crippen LogP contribution in [-0.2, 0) is 11.3 Å². The number of aromatic nitrogens is 2. The molecule has 2 aliphatic heterocycles. The van der Waals surface area contributed by atoms with E-state index in [4.69, 9.17) is 4.74 Å². The highest BCUT2D eigenvalue weighted by Gasteiger charge is 2.27. The molecule has 0 saturated carbocycles. The van der Waals surface area contributed by atoms with Gasteiger partial charge < -0.3 is 19.5 Å². The molecule has 3 heterocycles. The van der Waals surface area contributed by atoms with Crippen molar-refractivity contribution in [3.63, 3.8) is 0 Å². The van der Waals surface area contributed by atoms with Crippen molar-refractivity contribution < 1.29 is 9.53 Å². The van der Waals surface area contributed by atoms with Crippen molar-refractivity contribution in [1.29, 1.82) is 0 Å². The third kappa shape index (κ3) is 3.01. The molecule has 1 atom stereocenters. The molecule has 1 N–H and O–H groups in total. The normalized spacial score (nSPS) is 21.3. The first-order chi connectivity index (χ1) is 11.8. The largest absolute Gasteiger partial charge is 0.374 e. The van der Waals surface area contributed by atoms with E-state index in [9.17, 15) is 4.79 Å². The standard InChI is InChI=1S/C18H22N4O2/c23-18(20-17-12-24-11-14-3-1-2-4-16(14)17)21-8-5-15(6-9-21)22-10-7-19-13-22/h1-4,7,10,13,15,17H,5-6,8-9,11-12H2,(H,20,23). The zero-order chi connectivity index (χ0) is 16.4. The van der Waals surface area contributed by atoms with Gasteiger partial charge in [0.15, 0.2) is 0 Å². The summed E-state index contributed by atoms with van der Waals surface area (Å²) in [4.78, 5) is 18.6. The summed E-state index contributed by atoms with van der Waals surface area (Å²) in [6.45, 7) is 2.70. The molecule has 2 aliphatic rings. The number of fused-ring (bicyclic) bond motifs is 1. The van der Waals surface area contributed by atoms with Crippen LogP contribution in [0.15, 0.2) is 43.0 Å². The first kappa shape index (κ1) is 15.2. The molecular weight excluding hydrogens is 304 g/mol. The number of rotatable bonds is 2. The van der Waals surface area contributed by atoms with Gasteiger partial charge in [-0.1, -0.05) is 24.3 Å². The maximum Gasteiger partial charge on any atom is 0.317 e. The van der Waals surface area contributed by atoms with Crippen molar-refractivity contribution >= 4 is 6.03 Å². The van der Waals surface area contributed by atoms with Gasteiger partial charge in [0.25, 0.3) is 0 Å². The lowest BCUT2D eigenvalue weighted by Crippen LogP contribution is -2.47. The number of likely N-dealkylation sites (tertiary alicyclic amines) is 1. The molecule has 126 valence electrons. The number of nitrogens with one attached hydrogen (secondary N) is 1. The molecule has 24 heavy (non-hydrogen) atoms. The Kier molecular flexibility index (Phi) is 4.21. The molecule has 1 saturated heterocycles. The summed E-state index contributed by atoms with van der Waals surface area (Å²) in [5.41, 5.74) is 2.33. The zero-order valence-electron chi connectivity index (χ0n) is 13.6. The second-order valence-corrected chi connectivity index (χ2v) is 6.44. The van der Waals surface area contributed by atoms with Gasteiger partial charge in [0.2, 0.25) is 0 Å². The minimum absolute atomic E-state index is 0.00406. The number of hydrogen-bond donors (Lipinski definition) is 1. The Hall–Kier alpha value is -2.34. The average Bonchev–Trinajstić information content (AvgIpc) is 3.17. The number of imidazole rings is 1. The Morgan fingerprint density at radius 2 is 2.08 bits per heavy atom. The summed E-state index contributed by atoms with van der Waals surface area (Å²) in [7, 11) is 0. The van der Waals surface area contributed by atoms with Gasteiger partial charge in [0.1, 0.15) is 0 Å². The van der Waals surface area contributed by atoms with Crippen LogP contribution in [0.25, 0.3) is 0 Å². The second-order valence-electron chi connectivity index (χ2n) is 6.44. The molecule has 1 fully saturated rings. The van der Waals surface area contributed by atoms with Crippen molar-refractivity contribution in [1.82, 2.24) is 19.8 Å². The number of carbonyl (C=O) groups excluding carboxylic acids is 1. The van der Waals surface area contributed by atoms with Crippen LogP contribution in [0, 0.1) is 0 Å². The van der Waals surface area contributed by atoms with E-state index in [0.29, 0.717) is 19.3 Å². The Balaban J connectivity index is 1.36. The number of nitrogens with zero attached hydrogens (tertiary/aromatic N) is 3. The summed E-state index contributed by atoms with van der Waals surface area (Å²) in [6.07, 6.45) is 7.58. The fraction of sp³-hybridized carbons (Fsp3) is 0.444. The number of hydrogen-bond acceptors (Lipinski definition) is 3. The van der Waals surface area contributed by atoms with Crippen LogP contribution in [-0.4, -0.2) is 40.2 Å². The quantitative estimate of drug-likeness (QED) is 0.922. The Labute approximate surface area is 141 Å². The van der Waals surface area contributed by atoms with Crippen LogP contribution in [0.2, 0.25) is 0 Å². The molecule has 2 amide bonds. The van der Waals surface area contributed by atoms with Crippen molar-refractivity contribution in [2.75, 3.05) is 19.7 Å². The fourth-order valence-corrected chi connectivity index (χ4v) is 3.59. The van der Waals surface area contributed by atoms with E-state index in [1.165, 1.54) is 5.56 Å². The van der Waals surface area contributed by atoms with Gasteiger partial charge in [-0.15, -0.1) is 0 Å². The summed E-state index contributed by atoms with van der Waals surface area (Å²) < 4.78 is 7.76. The topological polar surface area (TPSA) is 59.4 Å². The third-order valence-corrected chi connectivity index (χ3v) is 4.97. The van der Waals surface area contributed by atoms with E-state index in [1.54, 1.807) is 6.20 Å². The summed E-state index contributed by atoms with van der Waals surface area (Å²) >= 11 is 0. The van der Waals surface area contributed by atoms with Gasteiger partial charge in [-0.2, -0.15) is 0 Å². The second kappa shape index (κ2) is 6.65. The van der Waals surface area contributed by atoms with E-state index < -0.39 is 0 Å². The summed E-state index contributed by atoms with van der Waals surface area (Å²) in [5.74, 6) is 0. The average molecular weight is 326 g/mol. The highest BCUT2D eigenvalue weighted by molar-refractivity contribution is 5.75. The number of urea groups is 1. The predicted octanol–water partition coefficient (Wildman–Crippen LogP) is 2.50. The maximum absolute atomic E-state index is 12.6. The molecule has 6 heteroatoms. The number of amides is 2. The summed E-state index contributed by atoms with van der Waals surface area (Å²) in [5, 5.41) is 3.14. The van der Waals surface area contributed by atoms with Crippen LogP contribution in [0.5, 0.6) is 0 Å². The molecule has 4 rings (SSSR count). The maximum atomic E-state index is 12.6. The third-order valence-electron chi connectivity index (χ3n) is 4.97. The lowest BCUT2D eigenvalue weighted by atomic mass is 9.99. The van der Waals surface area contributed by atoms with E-state index in [2.05, 4.69) is 27.0 Å². The van der Waals surface area contributed by atoms with E-state index >= 15 is 0 Å². The molecule has 1 unspecified atom stereocenters. The van der Waals surface area contributed by atoms with Gasteiger partial charge in [-0.3, -0.25) is 0 Å². The number of ether oxygens (including phenoxy) is 1. The van der Waals surface area contributed by atoms with Crippen molar-refractivity contribution in [2.24, 2.45) is 0 Å². The van der Waals surface area contributed by atoms with Crippen LogP contribution < -0.4 is 5.32 Å². The van der Waals surface area contributed by atoms with Crippen LogP contribution in [0.4, 0.5) is 4.79 Å². The first-order valence-corrected chi connectivity index (χ1v) is 8.49. The van der Waals surface area contributed by atoms with Crippen molar-refractivity contribution in [3.8, 4) is 0 Å². The van der Waals surface area contributed by atoms with E-state index in [0.717, 1.165) is 31.5 Å². The molecule has 0 spiro atoms. The SMILES string of the molecule is O=C(NC1COCc2ccccc21)N1CCC(n2ccnc2)CC1. The molecule has 1 aromatic heterocycles. The van der Waals surface area contributed by atoms with Crippen molar-refractivity contribution in [2.45, 2.75) is 31.5 Å². The van der Waals surface area contributed by atoms with E-state index in [-0.39, 0.29) is 12.1 Å². The molecule has 0 bridgehead atoms. The molecule has 6 nitrogen and oxygen atoms in total. The molecule has 0 aliphatic carbocycles. The smallest absolute Gasteiger partial charge is 0.317 e. The monoisotopic (exact) mass is 326 g/mol. The molecule has 0 radical (unpaired) electrons. The Bertz CT molecular complexity index is 693. The van der Waals surface area contributed by atoms with Gasteiger partial charge in [-0.25, -0.2) is 9.78 Å². The number of carbonyl (C=O) groups is 1. The minimum atomic E-state index is -0.0613. The molecule has 2 aromatic rings. The zero-order valence-corrected chi connectivity index (χ0v) is 13.6. The van der Waals surface area contributed by atoms with E-state index in [1.807, 2.05) is 29.6 Å². The highest BCUT2D eigenvalue weighted by Crippen LogP contribution is 2.26. The first-order valence-electron chi connectivity index (χ1n) is 8.49. The van der Waals surface area contributed by atoms with Gasteiger partial charge >= 0.3 is 6.03 Å². The van der Waals surface area contributed by atoms with Gasteiger partial charge in [0.05, 0.1) is 25.6 Å². The van der Waals surface area contributed by atoms with Gasteiger partial charge in [-0.05, 0) is 24.0 Å². The molecular formula is C18H22N4O2. The molecule has 1 aromatic carbocycles. The summed E-state index contributed by atoms with van der Waals surface area (Å²) in [6, 6.07) is 8.54. The Morgan fingerprint density at radius 3 is 2.88 bits per heavy atom. The minimum Gasteiger partial charge on any atom is -0.374 e.